The molecule has 1 N–H and O–H groups in total. The van der Waals surface area contributed by atoms with Gasteiger partial charge in [-0.2, -0.15) is 0 Å². The Hall–Kier alpha value is -1.26. The van der Waals surface area contributed by atoms with E-state index in [9.17, 15) is 9.18 Å². The summed E-state index contributed by atoms with van der Waals surface area (Å²) in [6, 6.07) is 6.51. The Balaban J connectivity index is 1.97. The van der Waals surface area contributed by atoms with Crippen LogP contribution in [0.1, 0.15) is 18.9 Å². The largest absolute Gasteiger partial charge is 0.379 e. The number of hydrogen-bond acceptors (Lipinski definition) is 3. The summed E-state index contributed by atoms with van der Waals surface area (Å²) in [6.45, 7) is 3.96. The molecule has 4 heteroatoms. The number of rotatable bonds is 6. The zero-order valence-corrected chi connectivity index (χ0v) is 11.2. The third-order valence-corrected chi connectivity index (χ3v) is 3.47. The Morgan fingerprint density at radius 3 is 2.95 bits per heavy atom. The molecule has 0 radical (unpaired) electrons. The molecule has 104 valence electrons. The molecule has 1 aliphatic heterocycles. The van der Waals surface area contributed by atoms with Crippen molar-refractivity contribution in [2.24, 2.45) is 5.92 Å². The maximum absolute atomic E-state index is 13.5. The summed E-state index contributed by atoms with van der Waals surface area (Å²) in [6.07, 6.45) is 1.16. The first-order valence-corrected chi connectivity index (χ1v) is 6.79. The van der Waals surface area contributed by atoms with Crippen molar-refractivity contribution in [3.8, 4) is 0 Å². The van der Waals surface area contributed by atoms with Gasteiger partial charge in [0.2, 0.25) is 0 Å². The summed E-state index contributed by atoms with van der Waals surface area (Å²) >= 11 is 0. The van der Waals surface area contributed by atoms with Crippen molar-refractivity contribution >= 4 is 5.78 Å². The molecule has 1 heterocycles. The number of carbonyl (C=O) groups excluding carboxylic acids is 1. The van der Waals surface area contributed by atoms with Crippen LogP contribution in [0.4, 0.5) is 4.39 Å². The van der Waals surface area contributed by atoms with Gasteiger partial charge in [-0.05, 0) is 24.6 Å². The summed E-state index contributed by atoms with van der Waals surface area (Å²) in [4.78, 5) is 12.3. The van der Waals surface area contributed by atoms with Crippen molar-refractivity contribution in [3.05, 3.63) is 35.6 Å². The van der Waals surface area contributed by atoms with Crippen LogP contribution in [-0.4, -0.2) is 31.6 Å². The van der Waals surface area contributed by atoms with E-state index in [0.717, 1.165) is 13.0 Å². The van der Waals surface area contributed by atoms with Gasteiger partial charge in [-0.15, -0.1) is 0 Å². The number of hydrogen-bond donors (Lipinski definition) is 1. The molecule has 1 aromatic rings. The fraction of sp³-hybridized carbons (Fsp3) is 0.533. The van der Waals surface area contributed by atoms with Crippen molar-refractivity contribution in [2.75, 3.05) is 19.8 Å². The molecule has 0 amide bonds. The van der Waals surface area contributed by atoms with Crippen LogP contribution >= 0.6 is 0 Å². The molecular formula is C15H20FNO2. The highest BCUT2D eigenvalue weighted by Gasteiger charge is 2.33. The van der Waals surface area contributed by atoms with Gasteiger partial charge >= 0.3 is 0 Å². The lowest BCUT2D eigenvalue weighted by molar-refractivity contribution is -0.122. The second kappa shape index (κ2) is 6.78. The van der Waals surface area contributed by atoms with Gasteiger partial charge in [0.15, 0.2) is 0 Å². The quantitative estimate of drug-likeness (QED) is 0.854. The van der Waals surface area contributed by atoms with Crippen LogP contribution in [0.2, 0.25) is 0 Å². The number of ether oxygens (including phenoxy) is 1. The topological polar surface area (TPSA) is 38.3 Å². The first-order valence-electron chi connectivity index (χ1n) is 6.79. The molecule has 1 saturated heterocycles. The molecule has 3 nitrogen and oxygen atoms in total. The fourth-order valence-corrected chi connectivity index (χ4v) is 2.36. The molecule has 2 rings (SSSR count). The van der Waals surface area contributed by atoms with E-state index in [1.807, 2.05) is 0 Å². The van der Waals surface area contributed by atoms with E-state index in [1.54, 1.807) is 18.2 Å². The molecule has 0 aliphatic carbocycles. The van der Waals surface area contributed by atoms with Crippen LogP contribution in [0.3, 0.4) is 0 Å². The van der Waals surface area contributed by atoms with E-state index in [2.05, 4.69) is 12.2 Å². The van der Waals surface area contributed by atoms with Crippen LogP contribution in [-0.2, 0) is 16.0 Å². The Labute approximate surface area is 113 Å². The van der Waals surface area contributed by atoms with E-state index in [4.69, 9.17) is 4.74 Å². The van der Waals surface area contributed by atoms with Crippen LogP contribution < -0.4 is 5.32 Å². The average molecular weight is 265 g/mol. The highest BCUT2D eigenvalue weighted by molar-refractivity contribution is 5.84. The third kappa shape index (κ3) is 3.61. The van der Waals surface area contributed by atoms with Gasteiger partial charge in [0.25, 0.3) is 0 Å². The first kappa shape index (κ1) is 14.2. The molecule has 1 aliphatic rings. The lowest BCUT2D eigenvalue weighted by Gasteiger charge is -2.17. The second-order valence-electron chi connectivity index (χ2n) is 4.94. The lowest BCUT2D eigenvalue weighted by atomic mass is 9.93. The maximum atomic E-state index is 13.5. The fourth-order valence-electron chi connectivity index (χ4n) is 2.36. The highest BCUT2D eigenvalue weighted by atomic mass is 19.1. The molecule has 1 aromatic carbocycles. The third-order valence-electron chi connectivity index (χ3n) is 3.47. The van der Waals surface area contributed by atoms with E-state index < -0.39 is 0 Å². The Morgan fingerprint density at radius 2 is 2.21 bits per heavy atom. The highest BCUT2D eigenvalue weighted by Crippen LogP contribution is 2.18. The normalized spacial score (nSPS) is 22.6. The van der Waals surface area contributed by atoms with Crippen molar-refractivity contribution < 1.29 is 13.9 Å². The van der Waals surface area contributed by atoms with Crippen molar-refractivity contribution in [2.45, 2.75) is 25.8 Å². The smallest absolute Gasteiger partial charge is 0.144 e. The monoisotopic (exact) mass is 265 g/mol. The lowest BCUT2D eigenvalue weighted by Crippen LogP contribution is -2.40. The van der Waals surface area contributed by atoms with Crippen LogP contribution in [0.5, 0.6) is 0 Å². The number of carbonyl (C=O) groups is 1. The van der Waals surface area contributed by atoms with Crippen LogP contribution in [0, 0.1) is 11.7 Å². The zero-order chi connectivity index (χ0) is 13.7. The molecule has 2 atom stereocenters. The molecule has 19 heavy (non-hydrogen) atoms. The Morgan fingerprint density at radius 1 is 1.42 bits per heavy atom. The predicted molar refractivity (Wildman–Crippen MR) is 71.5 cm³/mol. The number of ketones is 1. The Bertz CT molecular complexity index is 436. The summed E-state index contributed by atoms with van der Waals surface area (Å²) in [7, 11) is 0. The minimum absolute atomic E-state index is 0.0520. The van der Waals surface area contributed by atoms with Crippen molar-refractivity contribution in [1.82, 2.24) is 5.32 Å². The summed E-state index contributed by atoms with van der Waals surface area (Å²) in [5.74, 6) is -0.421. The predicted octanol–water partition coefficient (Wildman–Crippen LogP) is 1.95. The Kier molecular flexibility index (Phi) is 5.05. The SMILES string of the molecule is CCCNC1COCC1C(=O)Cc1ccccc1F. The standard InChI is InChI=1S/C15H20FNO2/c1-2-7-17-14-10-19-9-12(14)15(18)8-11-5-3-4-6-13(11)16/h3-6,12,14,17H,2,7-10H2,1H3. The van der Waals surface area contributed by atoms with E-state index in [1.165, 1.54) is 6.07 Å². The number of halogens is 1. The summed E-state index contributed by atoms with van der Waals surface area (Å²) in [5, 5.41) is 3.32. The van der Waals surface area contributed by atoms with Crippen molar-refractivity contribution in [1.29, 1.82) is 0 Å². The molecule has 0 saturated carbocycles. The minimum atomic E-state index is -0.312. The van der Waals surface area contributed by atoms with Gasteiger partial charge in [0.05, 0.1) is 19.1 Å². The number of Topliss-reactive ketones (excluding diaryl/α,β-unsaturated/α-hetero) is 1. The van der Waals surface area contributed by atoms with Gasteiger partial charge in [-0.1, -0.05) is 25.1 Å². The maximum Gasteiger partial charge on any atom is 0.144 e. The second-order valence-corrected chi connectivity index (χ2v) is 4.94. The molecular weight excluding hydrogens is 245 g/mol. The van der Waals surface area contributed by atoms with Gasteiger partial charge in [0.1, 0.15) is 11.6 Å². The van der Waals surface area contributed by atoms with E-state index >= 15 is 0 Å². The van der Waals surface area contributed by atoms with E-state index in [-0.39, 0.29) is 30.0 Å². The van der Waals surface area contributed by atoms with Crippen LogP contribution in [0.15, 0.2) is 24.3 Å². The van der Waals surface area contributed by atoms with Crippen LogP contribution in [0.25, 0.3) is 0 Å². The van der Waals surface area contributed by atoms with E-state index in [0.29, 0.717) is 18.8 Å². The average Bonchev–Trinajstić information content (AvgIpc) is 2.87. The summed E-state index contributed by atoms with van der Waals surface area (Å²) in [5.41, 5.74) is 0.466. The number of benzene rings is 1. The minimum Gasteiger partial charge on any atom is -0.379 e. The van der Waals surface area contributed by atoms with Gasteiger partial charge in [-0.25, -0.2) is 4.39 Å². The zero-order valence-electron chi connectivity index (χ0n) is 11.2. The molecule has 0 spiro atoms. The molecule has 1 fully saturated rings. The first-order chi connectivity index (χ1) is 9.22. The molecule has 0 bridgehead atoms. The van der Waals surface area contributed by atoms with Crippen molar-refractivity contribution in [3.63, 3.8) is 0 Å². The van der Waals surface area contributed by atoms with Gasteiger partial charge in [0, 0.05) is 12.5 Å². The molecule has 2 unspecified atom stereocenters. The van der Waals surface area contributed by atoms with Gasteiger partial charge < -0.3 is 10.1 Å². The summed E-state index contributed by atoms with van der Waals surface area (Å²) < 4.78 is 18.9. The number of nitrogens with one attached hydrogen (secondary N) is 1. The molecule has 0 aromatic heterocycles. The van der Waals surface area contributed by atoms with Gasteiger partial charge in [-0.3, -0.25) is 4.79 Å².